The van der Waals surface area contributed by atoms with Crippen LogP contribution >= 0.6 is 11.6 Å². The van der Waals surface area contributed by atoms with E-state index in [9.17, 15) is 4.39 Å². The smallest absolute Gasteiger partial charge is 0.140 e. The highest BCUT2D eigenvalue weighted by atomic mass is 35.5. The van der Waals surface area contributed by atoms with Gasteiger partial charge in [0.2, 0.25) is 0 Å². The predicted molar refractivity (Wildman–Crippen MR) is 114 cm³/mol. The number of ether oxygens (including phenoxy) is 1. The van der Waals surface area contributed by atoms with Crippen molar-refractivity contribution in [3.63, 3.8) is 0 Å². The molecule has 0 spiro atoms. The number of hydrogen-bond acceptors (Lipinski definition) is 1. The summed E-state index contributed by atoms with van der Waals surface area (Å²) in [6.45, 7) is 1.98. The number of aryl methyl sites for hydroxylation is 1. The molecule has 0 heterocycles. The van der Waals surface area contributed by atoms with Gasteiger partial charge < -0.3 is 4.74 Å². The Bertz CT molecular complexity index is 852. The molecular formula is C25H26ClFO. The standard InChI is InChI=1S/C25H26ClFO/c1-2-17-28-24-15-10-21(11-16-24)8-5-19-3-6-20(7-4-19)9-12-22-13-14-23(26)18-25(22)27/h2-4,6-7,13-14,17-18,21,24H,5,8,10-11,15-16H2,1H3/b17-2+. The highest BCUT2D eigenvalue weighted by molar-refractivity contribution is 6.30. The summed E-state index contributed by atoms with van der Waals surface area (Å²) in [6.07, 6.45) is 11.3. The molecule has 0 amide bonds. The fourth-order valence-corrected chi connectivity index (χ4v) is 3.76. The van der Waals surface area contributed by atoms with Crippen molar-refractivity contribution in [2.24, 2.45) is 5.92 Å². The van der Waals surface area contributed by atoms with Crippen LogP contribution in [-0.4, -0.2) is 6.10 Å². The van der Waals surface area contributed by atoms with Crippen molar-refractivity contribution in [2.75, 3.05) is 0 Å². The fourth-order valence-electron chi connectivity index (χ4n) is 3.60. The molecule has 0 atom stereocenters. The molecule has 1 nitrogen and oxygen atoms in total. The minimum atomic E-state index is -0.387. The summed E-state index contributed by atoms with van der Waals surface area (Å²) in [5.41, 5.74) is 2.58. The van der Waals surface area contributed by atoms with E-state index in [-0.39, 0.29) is 5.82 Å². The van der Waals surface area contributed by atoms with Gasteiger partial charge in [0.25, 0.3) is 0 Å². The fraction of sp³-hybridized carbons (Fsp3) is 0.360. The first-order valence-electron chi connectivity index (χ1n) is 9.96. The number of hydrogen-bond donors (Lipinski definition) is 0. The summed E-state index contributed by atoms with van der Waals surface area (Å²) in [5.74, 6) is 6.30. The zero-order valence-electron chi connectivity index (χ0n) is 16.3. The van der Waals surface area contributed by atoms with Gasteiger partial charge in [-0.05, 0) is 87.3 Å². The first kappa shape index (κ1) is 20.5. The van der Waals surface area contributed by atoms with Crippen molar-refractivity contribution < 1.29 is 9.13 Å². The highest BCUT2D eigenvalue weighted by Crippen LogP contribution is 2.29. The van der Waals surface area contributed by atoms with E-state index in [0.717, 1.165) is 30.7 Å². The van der Waals surface area contributed by atoms with Crippen molar-refractivity contribution in [2.45, 2.75) is 51.6 Å². The van der Waals surface area contributed by atoms with Crippen molar-refractivity contribution in [1.29, 1.82) is 0 Å². The summed E-state index contributed by atoms with van der Waals surface area (Å²) in [6, 6.07) is 12.8. The van der Waals surface area contributed by atoms with E-state index in [1.807, 2.05) is 31.4 Å². The van der Waals surface area contributed by atoms with E-state index in [1.54, 1.807) is 12.1 Å². The summed E-state index contributed by atoms with van der Waals surface area (Å²) >= 11 is 5.77. The van der Waals surface area contributed by atoms with Gasteiger partial charge in [0.05, 0.1) is 17.9 Å². The maximum Gasteiger partial charge on any atom is 0.140 e. The number of benzene rings is 2. The Hall–Kier alpha value is -2.24. The Morgan fingerprint density at radius 3 is 2.50 bits per heavy atom. The van der Waals surface area contributed by atoms with E-state index in [4.69, 9.17) is 16.3 Å². The summed E-state index contributed by atoms with van der Waals surface area (Å²) in [5, 5.41) is 0.381. The maximum absolute atomic E-state index is 13.8. The van der Waals surface area contributed by atoms with Gasteiger partial charge in [-0.25, -0.2) is 4.39 Å². The molecule has 146 valence electrons. The average molecular weight is 397 g/mol. The van der Waals surface area contributed by atoms with Gasteiger partial charge in [0, 0.05) is 10.6 Å². The van der Waals surface area contributed by atoms with Gasteiger partial charge in [0.15, 0.2) is 0 Å². The molecule has 28 heavy (non-hydrogen) atoms. The van der Waals surface area contributed by atoms with E-state index >= 15 is 0 Å². The molecule has 1 fully saturated rings. The van der Waals surface area contributed by atoms with Crippen LogP contribution in [0.15, 0.2) is 54.8 Å². The van der Waals surface area contributed by atoms with Gasteiger partial charge in [0.1, 0.15) is 5.82 Å². The Morgan fingerprint density at radius 1 is 1.07 bits per heavy atom. The molecule has 3 rings (SSSR count). The first-order valence-corrected chi connectivity index (χ1v) is 10.3. The predicted octanol–water partition coefficient (Wildman–Crippen LogP) is 6.92. The SMILES string of the molecule is C/C=C/OC1CCC(CCc2ccc(C#Cc3ccc(Cl)cc3F)cc2)CC1. The monoisotopic (exact) mass is 396 g/mol. The van der Waals surface area contributed by atoms with Gasteiger partial charge in [-0.15, -0.1) is 0 Å². The van der Waals surface area contributed by atoms with Crippen LogP contribution in [0.5, 0.6) is 0 Å². The molecule has 3 heteroatoms. The topological polar surface area (TPSA) is 9.23 Å². The molecule has 1 aliphatic rings. The number of halogens is 2. The van der Waals surface area contributed by atoms with Crippen LogP contribution in [0.2, 0.25) is 5.02 Å². The van der Waals surface area contributed by atoms with Crippen molar-refractivity contribution in [1.82, 2.24) is 0 Å². The Balaban J connectivity index is 1.48. The van der Waals surface area contributed by atoms with E-state index in [1.165, 1.54) is 30.9 Å². The van der Waals surface area contributed by atoms with Crippen LogP contribution in [-0.2, 0) is 11.2 Å². The van der Waals surface area contributed by atoms with Gasteiger partial charge in [-0.3, -0.25) is 0 Å². The third-order valence-electron chi connectivity index (χ3n) is 5.27. The minimum Gasteiger partial charge on any atom is -0.498 e. The van der Waals surface area contributed by atoms with Crippen LogP contribution in [0.3, 0.4) is 0 Å². The molecular weight excluding hydrogens is 371 g/mol. The van der Waals surface area contributed by atoms with Crippen molar-refractivity contribution in [3.8, 4) is 11.8 Å². The largest absolute Gasteiger partial charge is 0.498 e. The number of rotatable bonds is 5. The average Bonchev–Trinajstić information content (AvgIpc) is 2.71. The molecule has 1 saturated carbocycles. The lowest BCUT2D eigenvalue weighted by Gasteiger charge is -2.28. The van der Waals surface area contributed by atoms with Gasteiger partial charge in [-0.1, -0.05) is 41.7 Å². The van der Waals surface area contributed by atoms with Crippen molar-refractivity contribution in [3.05, 3.63) is 82.3 Å². The van der Waals surface area contributed by atoms with E-state index in [0.29, 0.717) is 16.7 Å². The Kier molecular flexibility index (Phi) is 7.57. The molecule has 2 aromatic carbocycles. The van der Waals surface area contributed by atoms with Gasteiger partial charge >= 0.3 is 0 Å². The third kappa shape index (κ3) is 6.14. The summed E-state index contributed by atoms with van der Waals surface area (Å²) < 4.78 is 19.5. The maximum atomic E-state index is 13.8. The van der Waals surface area contributed by atoms with Crippen LogP contribution in [0.25, 0.3) is 0 Å². The normalized spacial score (nSPS) is 19.2. The van der Waals surface area contributed by atoms with Crippen molar-refractivity contribution >= 4 is 11.6 Å². The van der Waals surface area contributed by atoms with Crippen LogP contribution in [0.1, 0.15) is 55.7 Å². The third-order valence-corrected chi connectivity index (χ3v) is 5.50. The zero-order valence-corrected chi connectivity index (χ0v) is 17.0. The summed E-state index contributed by atoms with van der Waals surface area (Å²) in [4.78, 5) is 0. The van der Waals surface area contributed by atoms with Crippen LogP contribution < -0.4 is 0 Å². The molecule has 0 aliphatic heterocycles. The lowest BCUT2D eigenvalue weighted by Crippen LogP contribution is -2.20. The van der Waals surface area contributed by atoms with E-state index < -0.39 is 0 Å². The first-order chi connectivity index (χ1) is 13.6. The molecule has 0 saturated heterocycles. The van der Waals surface area contributed by atoms with Crippen LogP contribution in [0, 0.1) is 23.6 Å². The van der Waals surface area contributed by atoms with Crippen LogP contribution in [0.4, 0.5) is 4.39 Å². The second kappa shape index (κ2) is 10.3. The molecule has 2 aromatic rings. The molecule has 0 aromatic heterocycles. The molecule has 0 N–H and O–H groups in total. The molecule has 0 unspecified atom stereocenters. The lowest BCUT2D eigenvalue weighted by atomic mass is 9.84. The second-order valence-corrected chi connectivity index (χ2v) is 7.79. The Morgan fingerprint density at radius 2 is 1.82 bits per heavy atom. The molecule has 1 aliphatic carbocycles. The second-order valence-electron chi connectivity index (χ2n) is 7.36. The number of allylic oxidation sites excluding steroid dienone is 1. The molecule has 0 radical (unpaired) electrons. The highest BCUT2D eigenvalue weighted by Gasteiger charge is 2.21. The minimum absolute atomic E-state index is 0.363. The van der Waals surface area contributed by atoms with E-state index in [2.05, 4.69) is 24.0 Å². The Labute approximate surface area is 172 Å². The summed E-state index contributed by atoms with van der Waals surface area (Å²) in [7, 11) is 0. The molecule has 0 bridgehead atoms. The quantitative estimate of drug-likeness (QED) is 0.393. The zero-order chi connectivity index (χ0) is 19.8. The van der Waals surface area contributed by atoms with Gasteiger partial charge in [-0.2, -0.15) is 0 Å². The lowest BCUT2D eigenvalue weighted by molar-refractivity contribution is 0.0864.